The van der Waals surface area contributed by atoms with E-state index in [1.165, 1.54) is 5.56 Å². The number of azide groups is 1. The predicted molar refractivity (Wildman–Crippen MR) is 89.7 cm³/mol. The maximum atomic E-state index is 12.3. The van der Waals surface area contributed by atoms with Crippen LogP contribution in [-0.2, 0) is 9.53 Å². The number of piperidine rings is 1. The van der Waals surface area contributed by atoms with Gasteiger partial charge in [-0.05, 0) is 42.0 Å². The van der Waals surface area contributed by atoms with Crippen molar-refractivity contribution >= 4 is 21.9 Å². The summed E-state index contributed by atoms with van der Waals surface area (Å²) in [6.07, 6.45) is 1.46. The van der Waals surface area contributed by atoms with E-state index in [1.54, 1.807) is 0 Å². The van der Waals surface area contributed by atoms with Crippen molar-refractivity contribution in [2.75, 3.05) is 13.1 Å². The topological polar surface area (TPSA) is 78.3 Å². The molecular formula is C16H19BrN4O2. The Morgan fingerprint density at radius 3 is 2.83 bits per heavy atom. The van der Waals surface area contributed by atoms with E-state index in [4.69, 9.17) is 10.3 Å². The molecule has 0 aliphatic carbocycles. The number of hydrogen-bond acceptors (Lipinski definition) is 4. The lowest BCUT2D eigenvalue weighted by Gasteiger charge is -2.48. The van der Waals surface area contributed by atoms with Gasteiger partial charge in [0.25, 0.3) is 0 Å². The minimum absolute atomic E-state index is 0.184. The zero-order valence-electron chi connectivity index (χ0n) is 12.9. The highest BCUT2D eigenvalue weighted by Crippen LogP contribution is 2.41. The molecule has 0 unspecified atom stereocenters. The maximum Gasteiger partial charge on any atom is 0.323 e. The van der Waals surface area contributed by atoms with Gasteiger partial charge >= 0.3 is 5.97 Å². The number of cyclic esters (lactones) is 1. The summed E-state index contributed by atoms with van der Waals surface area (Å²) in [6, 6.07) is 8.27. The monoisotopic (exact) mass is 378 g/mol. The molecule has 0 spiro atoms. The van der Waals surface area contributed by atoms with Crippen molar-refractivity contribution in [2.24, 2.45) is 11.0 Å². The van der Waals surface area contributed by atoms with Crippen LogP contribution in [0.5, 0.6) is 0 Å². The van der Waals surface area contributed by atoms with Crippen molar-refractivity contribution in [2.45, 2.75) is 38.0 Å². The van der Waals surface area contributed by atoms with Crippen LogP contribution in [0.15, 0.2) is 33.9 Å². The molecule has 1 aromatic rings. The van der Waals surface area contributed by atoms with Crippen LogP contribution in [0, 0.1) is 5.92 Å². The number of esters is 1. The van der Waals surface area contributed by atoms with Gasteiger partial charge in [0.2, 0.25) is 0 Å². The summed E-state index contributed by atoms with van der Waals surface area (Å²) in [5, 5.41) is 3.57. The molecule has 0 saturated carbocycles. The second-order valence-electron chi connectivity index (χ2n) is 6.24. The van der Waals surface area contributed by atoms with Gasteiger partial charge in [-0.25, -0.2) is 0 Å². The molecule has 0 bridgehead atoms. The highest BCUT2D eigenvalue weighted by molar-refractivity contribution is 9.10. The molecule has 0 aromatic heterocycles. The first-order valence-electron chi connectivity index (χ1n) is 7.82. The third kappa shape index (κ3) is 3.37. The number of morpholine rings is 1. The van der Waals surface area contributed by atoms with Gasteiger partial charge in [0, 0.05) is 22.0 Å². The quantitative estimate of drug-likeness (QED) is 0.347. The zero-order chi connectivity index (χ0) is 16.4. The summed E-state index contributed by atoms with van der Waals surface area (Å²) in [7, 11) is 0. The van der Waals surface area contributed by atoms with Crippen LogP contribution in [-0.4, -0.2) is 36.1 Å². The molecule has 2 saturated heterocycles. The number of nitrogens with zero attached hydrogens (tertiary/aromatic N) is 4. The van der Waals surface area contributed by atoms with Crippen molar-refractivity contribution in [3.8, 4) is 0 Å². The van der Waals surface area contributed by atoms with Gasteiger partial charge in [0.1, 0.15) is 12.1 Å². The number of rotatable bonds is 3. The fourth-order valence-electron chi connectivity index (χ4n) is 3.68. The van der Waals surface area contributed by atoms with Crippen molar-refractivity contribution in [3.63, 3.8) is 0 Å². The molecule has 7 heteroatoms. The van der Waals surface area contributed by atoms with E-state index in [-0.39, 0.29) is 30.7 Å². The molecule has 2 heterocycles. The number of carbonyl (C=O) groups is 1. The molecule has 4 atom stereocenters. The van der Waals surface area contributed by atoms with Crippen LogP contribution in [0.1, 0.15) is 31.4 Å². The average Bonchev–Trinajstić information content (AvgIpc) is 2.54. The third-order valence-electron chi connectivity index (χ3n) is 4.72. The molecule has 23 heavy (non-hydrogen) atoms. The second-order valence-corrected chi connectivity index (χ2v) is 7.15. The van der Waals surface area contributed by atoms with Gasteiger partial charge in [-0.15, -0.1) is 0 Å². The number of benzene rings is 1. The first-order chi connectivity index (χ1) is 11.1. The van der Waals surface area contributed by atoms with Crippen molar-refractivity contribution in [1.82, 2.24) is 4.90 Å². The molecule has 1 aromatic carbocycles. The highest BCUT2D eigenvalue weighted by Gasteiger charge is 2.44. The molecule has 3 rings (SSSR count). The van der Waals surface area contributed by atoms with Crippen LogP contribution in [0.3, 0.4) is 0 Å². The maximum absolute atomic E-state index is 12.3. The molecule has 2 aliphatic rings. The van der Waals surface area contributed by atoms with Crippen molar-refractivity contribution in [1.29, 1.82) is 0 Å². The lowest BCUT2D eigenvalue weighted by Crippen LogP contribution is -2.57. The molecule has 0 N–H and O–H groups in total. The van der Waals surface area contributed by atoms with Gasteiger partial charge in [0.05, 0.1) is 6.54 Å². The second kappa shape index (κ2) is 6.91. The Balaban J connectivity index is 1.88. The molecule has 6 nitrogen and oxygen atoms in total. The van der Waals surface area contributed by atoms with Crippen LogP contribution in [0.2, 0.25) is 0 Å². The van der Waals surface area contributed by atoms with E-state index < -0.39 is 0 Å². The number of carbonyl (C=O) groups excluding carboxylic acids is 1. The van der Waals surface area contributed by atoms with Crippen LogP contribution >= 0.6 is 15.9 Å². The summed E-state index contributed by atoms with van der Waals surface area (Å²) in [4.78, 5) is 17.3. The van der Waals surface area contributed by atoms with E-state index in [0.29, 0.717) is 12.5 Å². The third-order valence-corrected chi connectivity index (χ3v) is 5.25. The summed E-state index contributed by atoms with van der Waals surface area (Å²) < 4.78 is 6.49. The fraction of sp³-hybridized carbons (Fsp3) is 0.562. The Morgan fingerprint density at radius 2 is 2.13 bits per heavy atom. The normalized spacial score (nSPS) is 31.0. The number of halogens is 1. The standard InChI is InChI=1S/C16H19BrN4O2/c1-10-2-7-14-16(22)23-13(8-19-20-18)9-21(14)15(10)11-3-5-12(17)6-4-11/h3-6,10,13-15H,2,7-9H2,1H3/t10-,13+,14-,15-/m0/s1. The van der Waals surface area contributed by atoms with E-state index in [0.717, 1.165) is 17.3 Å². The highest BCUT2D eigenvalue weighted by atomic mass is 79.9. The lowest BCUT2D eigenvalue weighted by atomic mass is 9.82. The Bertz CT molecular complexity index is 629. The largest absolute Gasteiger partial charge is 0.460 e. The molecule has 122 valence electrons. The van der Waals surface area contributed by atoms with Crippen molar-refractivity contribution in [3.05, 3.63) is 44.7 Å². The van der Waals surface area contributed by atoms with Gasteiger partial charge < -0.3 is 4.74 Å². The minimum atomic E-state index is -0.363. The lowest BCUT2D eigenvalue weighted by molar-refractivity contribution is -0.173. The SMILES string of the molecule is C[C@H]1CC[C@H]2C(=O)O[C@H](CN=[N+]=[N-])CN2[C@@H]1c1ccc(Br)cc1. The zero-order valence-corrected chi connectivity index (χ0v) is 14.5. The molecular weight excluding hydrogens is 360 g/mol. The Hall–Kier alpha value is -1.56. The molecule has 2 aliphatic heterocycles. The van der Waals surface area contributed by atoms with Gasteiger partial charge in [-0.2, -0.15) is 0 Å². The van der Waals surface area contributed by atoms with Gasteiger partial charge in [0.15, 0.2) is 0 Å². The summed E-state index contributed by atoms with van der Waals surface area (Å²) in [5.74, 6) is 0.266. The number of fused-ring (bicyclic) bond motifs is 1. The molecule has 0 amide bonds. The summed E-state index contributed by atoms with van der Waals surface area (Å²) in [6.45, 7) is 3.03. The van der Waals surface area contributed by atoms with E-state index in [2.05, 4.69) is 49.9 Å². The Morgan fingerprint density at radius 1 is 1.39 bits per heavy atom. The van der Waals surface area contributed by atoms with Crippen LogP contribution in [0.25, 0.3) is 10.4 Å². The number of hydrogen-bond donors (Lipinski definition) is 0. The molecule has 2 fully saturated rings. The van der Waals surface area contributed by atoms with Crippen molar-refractivity contribution < 1.29 is 9.53 Å². The average molecular weight is 379 g/mol. The first-order valence-corrected chi connectivity index (χ1v) is 8.62. The smallest absolute Gasteiger partial charge is 0.323 e. The van der Waals surface area contributed by atoms with Gasteiger partial charge in [-0.3, -0.25) is 9.69 Å². The van der Waals surface area contributed by atoms with Crippen LogP contribution in [0.4, 0.5) is 0 Å². The predicted octanol–water partition coefficient (Wildman–Crippen LogP) is 3.83. The van der Waals surface area contributed by atoms with E-state index >= 15 is 0 Å². The minimum Gasteiger partial charge on any atom is -0.460 e. The summed E-state index contributed by atoms with van der Waals surface area (Å²) >= 11 is 3.47. The van der Waals surface area contributed by atoms with E-state index in [9.17, 15) is 4.79 Å². The Labute approximate surface area is 143 Å². The first kappa shape index (κ1) is 16.3. The molecule has 0 radical (unpaired) electrons. The van der Waals surface area contributed by atoms with Gasteiger partial charge in [-0.1, -0.05) is 40.1 Å². The van der Waals surface area contributed by atoms with Crippen LogP contribution < -0.4 is 0 Å². The van der Waals surface area contributed by atoms with E-state index in [1.807, 2.05) is 12.1 Å². The number of ether oxygens (including phenoxy) is 1. The fourth-order valence-corrected chi connectivity index (χ4v) is 3.94. The Kier molecular flexibility index (Phi) is 4.90. The summed E-state index contributed by atoms with van der Waals surface area (Å²) in [5.41, 5.74) is 9.70.